The van der Waals surface area contributed by atoms with Gasteiger partial charge in [-0.3, -0.25) is 4.79 Å². The zero-order valence-electron chi connectivity index (χ0n) is 16.0. The molecule has 4 aliphatic carbocycles. The van der Waals surface area contributed by atoms with Crippen molar-refractivity contribution < 1.29 is 14.3 Å². The molecule has 0 aromatic carbocycles. The average Bonchev–Trinajstić information content (AvgIpc) is 2.90. The van der Waals surface area contributed by atoms with E-state index in [9.17, 15) is 4.79 Å². The maximum Gasteiger partial charge on any atom is 0.139 e. The highest BCUT2D eigenvalue weighted by Gasteiger charge is 2.58. The summed E-state index contributed by atoms with van der Waals surface area (Å²) in [6.45, 7) is 6.01. The van der Waals surface area contributed by atoms with Gasteiger partial charge in [-0.25, -0.2) is 0 Å². The van der Waals surface area contributed by atoms with Gasteiger partial charge < -0.3 is 9.47 Å². The number of methoxy groups -OCH3 is 1. The summed E-state index contributed by atoms with van der Waals surface area (Å²) < 4.78 is 11.0. The fourth-order valence-electron chi connectivity index (χ4n) is 6.44. The Morgan fingerprint density at radius 1 is 1.08 bits per heavy atom. The van der Waals surface area contributed by atoms with E-state index < -0.39 is 0 Å². The fourth-order valence-corrected chi connectivity index (χ4v) is 6.44. The third kappa shape index (κ3) is 2.61. The van der Waals surface area contributed by atoms with E-state index in [1.54, 1.807) is 7.11 Å². The molecule has 0 N–H and O–H groups in total. The molecular formula is C22H32O3. The smallest absolute Gasteiger partial charge is 0.139 e. The van der Waals surface area contributed by atoms with Crippen molar-refractivity contribution in [2.24, 2.45) is 28.6 Å². The number of carbonyl (C=O) groups is 1. The van der Waals surface area contributed by atoms with Gasteiger partial charge in [0.2, 0.25) is 0 Å². The van der Waals surface area contributed by atoms with Gasteiger partial charge in [0.1, 0.15) is 12.4 Å². The first-order valence-corrected chi connectivity index (χ1v) is 10.1. The van der Waals surface area contributed by atoms with Crippen LogP contribution in [-0.4, -0.2) is 26.1 Å². The van der Waals surface area contributed by atoms with Crippen LogP contribution in [-0.2, 0) is 14.3 Å². The molecule has 138 valence electrons. The molecule has 0 aromatic rings. The van der Waals surface area contributed by atoms with E-state index in [-0.39, 0.29) is 10.8 Å². The van der Waals surface area contributed by atoms with Crippen LogP contribution in [0.5, 0.6) is 0 Å². The molecule has 3 heteroatoms. The topological polar surface area (TPSA) is 35.5 Å². The Labute approximate surface area is 151 Å². The van der Waals surface area contributed by atoms with E-state index >= 15 is 0 Å². The van der Waals surface area contributed by atoms with Gasteiger partial charge in [0, 0.05) is 25.4 Å². The van der Waals surface area contributed by atoms with Crippen molar-refractivity contribution in [3.05, 3.63) is 23.5 Å². The van der Waals surface area contributed by atoms with Crippen molar-refractivity contribution in [1.82, 2.24) is 0 Å². The molecule has 0 unspecified atom stereocenters. The Hall–Kier alpha value is -1.09. The van der Waals surface area contributed by atoms with Crippen molar-refractivity contribution in [3.63, 3.8) is 0 Å². The summed E-state index contributed by atoms with van der Waals surface area (Å²) in [5.41, 5.74) is 1.73. The molecule has 0 radical (unpaired) electrons. The van der Waals surface area contributed by atoms with Crippen LogP contribution in [0, 0.1) is 28.6 Å². The van der Waals surface area contributed by atoms with E-state index in [0.29, 0.717) is 30.8 Å². The van der Waals surface area contributed by atoms with E-state index in [2.05, 4.69) is 26.0 Å². The van der Waals surface area contributed by atoms with Crippen LogP contribution in [0.15, 0.2) is 23.5 Å². The number of Topliss-reactive ketones (excluding diaryl/α,β-unsaturated/α-hetero) is 1. The molecular weight excluding hydrogens is 312 g/mol. The fraction of sp³-hybridized carbons (Fsp3) is 0.773. The van der Waals surface area contributed by atoms with Crippen LogP contribution in [0.25, 0.3) is 0 Å². The zero-order chi connectivity index (χ0) is 17.7. The summed E-state index contributed by atoms with van der Waals surface area (Å²) >= 11 is 0. The first-order valence-electron chi connectivity index (χ1n) is 10.1. The molecule has 0 amide bonds. The van der Waals surface area contributed by atoms with Gasteiger partial charge in [-0.05, 0) is 66.9 Å². The number of ketones is 1. The number of hydrogen-bond donors (Lipinski definition) is 0. The van der Waals surface area contributed by atoms with E-state index in [1.165, 1.54) is 18.4 Å². The van der Waals surface area contributed by atoms with Crippen LogP contribution in [0.3, 0.4) is 0 Å². The first kappa shape index (κ1) is 17.3. The Balaban J connectivity index is 1.57. The molecule has 5 atom stereocenters. The molecule has 0 aromatic heterocycles. The van der Waals surface area contributed by atoms with Gasteiger partial charge in [0.05, 0.1) is 12.4 Å². The summed E-state index contributed by atoms with van der Waals surface area (Å²) in [5, 5.41) is 0. The Morgan fingerprint density at radius 3 is 2.68 bits per heavy atom. The van der Waals surface area contributed by atoms with E-state index in [4.69, 9.17) is 9.47 Å². The standard InChI is InChI=1S/C22H32O3/c1-21-10-8-16(25-13-12-24-3)14-15(21)4-5-17-18-6-7-20(23)22(18,2)11-9-19(17)21/h4,14,17-19H,5-13H2,1-3H3/t17-,18-,19-,21-,22-/m0/s1. The van der Waals surface area contributed by atoms with Crippen molar-refractivity contribution in [2.75, 3.05) is 20.3 Å². The number of rotatable bonds is 4. The number of fused-ring (bicyclic) bond motifs is 5. The van der Waals surface area contributed by atoms with Crippen molar-refractivity contribution in [2.45, 2.75) is 58.8 Å². The Morgan fingerprint density at radius 2 is 1.88 bits per heavy atom. The lowest BCUT2D eigenvalue weighted by atomic mass is 9.49. The molecule has 4 aliphatic rings. The highest BCUT2D eigenvalue weighted by Crippen LogP contribution is 2.63. The number of carbonyl (C=O) groups excluding carboxylic acids is 1. The zero-order valence-corrected chi connectivity index (χ0v) is 16.0. The minimum atomic E-state index is -0.0260. The van der Waals surface area contributed by atoms with Crippen molar-refractivity contribution in [1.29, 1.82) is 0 Å². The average molecular weight is 344 g/mol. The monoisotopic (exact) mass is 344 g/mol. The second-order valence-corrected chi connectivity index (χ2v) is 9.06. The molecule has 0 saturated heterocycles. The molecule has 0 aliphatic heterocycles. The summed E-state index contributed by atoms with van der Waals surface area (Å²) in [6, 6.07) is 0. The lowest BCUT2D eigenvalue weighted by Crippen LogP contribution is -2.49. The molecule has 0 bridgehead atoms. The summed E-state index contributed by atoms with van der Waals surface area (Å²) in [6.07, 6.45) is 12.4. The van der Waals surface area contributed by atoms with Crippen molar-refractivity contribution in [3.8, 4) is 0 Å². The highest BCUT2D eigenvalue weighted by molar-refractivity contribution is 5.87. The van der Waals surface area contributed by atoms with Crippen LogP contribution in [0.1, 0.15) is 58.8 Å². The normalized spacial score (nSPS) is 42.8. The van der Waals surface area contributed by atoms with Gasteiger partial charge in [-0.2, -0.15) is 0 Å². The van der Waals surface area contributed by atoms with Gasteiger partial charge >= 0.3 is 0 Å². The lowest BCUT2D eigenvalue weighted by Gasteiger charge is -2.55. The maximum atomic E-state index is 12.5. The number of hydrogen-bond acceptors (Lipinski definition) is 3. The molecule has 25 heavy (non-hydrogen) atoms. The predicted octanol–water partition coefficient (Wildman–Crippen LogP) is 4.68. The molecule has 2 fully saturated rings. The third-order valence-corrected chi connectivity index (χ3v) is 8.02. The molecule has 0 spiro atoms. The van der Waals surface area contributed by atoms with Crippen molar-refractivity contribution >= 4 is 5.78 Å². The lowest BCUT2D eigenvalue weighted by molar-refractivity contribution is -0.131. The number of ether oxygens (including phenoxy) is 2. The minimum absolute atomic E-state index is 0.0260. The largest absolute Gasteiger partial charge is 0.496 e. The number of allylic oxidation sites excluding steroid dienone is 4. The Bertz CT molecular complexity index is 619. The molecule has 3 nitrogen and oxygen atoms in total. The second-order valence-electron chi connectivity index (χ2n) is 9.06. The Kier molecular flexibility index (Phi) is 4.34. The quantitative estimate of drug-likeness (QED) is 0.695. The van der Waals surface area contributed by atoms with Gasteiger partial charge in [-0.15, -0.1) is 0 Å². The van der Waals surface area contributed by atoms with Crippen LogP contribution < -0.4 is 0 Å². The van der Waals surface area contributed by atoms with Crippen LogP contribution in [0.2, 0.25) is 0 Å². The van der Waals surface area contributed by atoms with Gasteiger partial charge in [0.25, 0.3) is 0 Å². The SMILES string of the molecule is COCCOC1=CC2=CC[C@@H]3[C@H](CC[C@]4(C)C(=O)CC[C@@H]34)[C@@]2(C)CC1. The first-order chi connectivity index (χ1) is 12.0. The van der Waals surface area contributed by atoms with Crippen LogP contribution in [0.4, 0.5) is 0 Å². The maximum absolute atomic E-state index is 12.5. The van der Waals surface area contributed by atoms with Gasteiger partial charge in [-0.1, -0.05) is 19.9 Å². The van der Waals surface area contributed by atoms with Gasteiger partial charge in [0.15, 0.2) is 0 Å². The summed E-state index contributed by atoms with van der Waals surface area (Å²) in [7, 11) is 1.71. The second kappa shape index (κ2) is 6.26. The van der Waals surface area contributed by atoms with E-state index in [1.807, 2.05) is 0 Å². The minimum Gasteiger partial charge on any atom is -0.496 e. The highest BCUT2D eigenvalue weighted by atomic mass is 16.5. The molecule has 4 rings (SSSR count). The summed E-state index contributed by atoms with van der Waals surface area (Å²) in [4.78, 5) is 12.5. The molecule has 0 heterocycles. The predicted molar refractivity (Wildman–Crippen MR) is 98.0 cm³/mol. The van der Waals surface area contributed by atoms with E-state index in [0.717, 1.165) is 43.8 Å². The molecule has 2 saturated carbocycles. The summed E-state index contributed by atoms with van der Waals surface area (Å²) in [5.74, 6) is 3.69. The van der Waals surface area contributed by atoms with Crippen LogP contribution >= 0.6 is 0 Å². The third-order valence-electron chi connectivity index (χ3n) is 8.02.